The molecule has 2 aliphatic carbocycles. The van der Waals surface area contributed by atoms with E-state index >= 15 is 0 Å². The van der Waals surface area contributed by atoms with Gasteiger partial charge in [0, 0.05) is 42.9 Å². The van der Waals surface area contributed by atoms with Gasteiger partial charge in [-0.05, 0) is 37.0 Å². The van der Waals surface area contributed by atoms with Crippen LogP contribution in [0.15, 0.2) is 35.2 Å². The van der Waals surface area contributed by atoms with Crippen LogP contribution in [0.4, 0.5) is 0 Å². The van der Waals surface area contributed by atoms with Gasteiger partial charge in [0.2, 0.25) is 5.78 Å². The van der Waals surface area contributed by atoms with Crippen LogP contribution in [0.3, 0.4) is 0 Å². The molecule has 0 spiro atoms. The van der Waals surface area contributed by atoms with E-state index in [0.717, 1.165) is 13.8 Å². The third-order valence-corrected chi connectivity index (χ3v) is 12.7. The number of rotatable bonds is 12. The monoisotopic (exact) mass is 762 g/mol. The molecule has 2 saturated heterocycles. The first-order chi connectivity index (χ1) is 25.2. The fourth-order valence-corrected chi connectivity index (χ4v) is 9.90. The van der Waals surface area contributed by atoms with Crippen molar-refractivity contribution in [1.29, 1.82) is 0 Å². The Kier molecular flexibility index (Phi) is 11.0. The highest BCUT2D eigenvalue weighted by Gasteiger charge is 2.79. The summed E-state index contributed by atoms with van der Waals surface area (Å²) in [6.07, 6.45) is -4.13. The zero-order chi connectivity index (χ0) is 40.2. The van der Waals surface area contributed by atoms with E-state index in [1.54, 1.807) is 40.7 Å². The van der Waals surface area contributed by atoms with E-state index in [-0.39, 0.29) is 25.1 Å². The van der Waals surface area contributed by atoms with Crippen LogP contribution in [-0.4, -0.2) is 102 Å². The minimum Gasteiger partial charge on any atom is -0.472 e. The molecule has 4 aliphatic rings. The van der Waals surface area contributed by atoms with Gasteiger partial charge in [0.05, 0.1) is 50.1 Å². The molecule has 298 valence electrons. The van der Waals surface area contributed by atoms with Gasteiger partial charge in [-0.2, -0.15) is 0 Å². The Hall–Kier alpha value is -4.12. The molecule has 5 rings (SSSR count). The lowest BCUT2D eigenvalue weighted by Crippen LogP contribution is -2.72. The lowest BCUT2D eigenvalue weighted by atomic mass is 9.46. The van der Waals surface area contributed by atoms with Crippen molar-refractivity contribution in [2.45, 2.75) is 122 Å². The minimum atomic E-state index is -2.35. The average molecular weight is 763 g/mol. The van der Waals surface area contributed by atoms with Crippen LogP contribution < -0.4 is 0 Å². The number of Topliss-reactive ketones (excluding diaryl/α,β-unsaturated/α-hetero) is 1. The maximum absolute atomic E-state index is 13.9. The summed E-state index contributed by atoms with van der Waals surface area (Å²) in [6.45, 7) is 14.5. The summed E-state index contributed by atoms with van der Waals surface area (Å²) < 4.78 is 46.2. The van der Waals surface area contributed by atoms with Crippen LogP contribution in [0.5, 0.6) is 0 Å². The maximum Gasteiger partial charge on any atom is 0.375 e. The first-order valence-electron chi connectivity index (χ1n) is 17.9. The lowest BCUT2D eigenvalue weighted by molar-refractivity contribution is -0.328. The molecule has 16 nitrogen and oxygen atoms in total. The van der Waals surface area contributed by atoms with Crippen LogP contribution in [0, 0.1) is 28.6 Å². The van der Waals surface area contributed by atoms with Crippen LogP contribution in [0.25, 0.3) is 0 Å². The van der Waals surface area contributed by atoms with E-state index in [0.29, 0.717) is 12.0 Å². The summed E-state index contributed by atoms with van der Waals surface area (Å²) >= 11 is 0. The van der Waals surface area contributed by atoms with Crippen molar-refractivity contribution in [3.05, 3.63) is 36.3 Å². The van der Waals surface area contributed by atoms with Gasteiger partial charge in [0.1, 0.15) is 30.0 Å². The molecule has 1 unspecified atom stereocenters. The van der Waals surface area contributed by atoms with Crippen molar-refractivity contribution in [3.8, 4) is 0 Å². The number of carbonyl (C=O) groups excluding carboxylic acids is 6. The average Bonchev–Trinajstić information content (AvgIpc) is 3.79. The molecule has 2 bridgehead atoms. The molecule has 0 radical (unpaired) electrons. The zero-order valence-electron chi connectivity index (χ0n) is 31.8. The van der Waals surface area contributed by atoms with E-state index in [1.807, 2.05) is 0 Å². The molecule has 0 amide bonds. The molecule has 1 aromatic rings. The number of methoxy groups -OCH3 is 1. The van der Waals surface area contributed by atoms with Crippen molar-refractivity contribution in [3.63, 3.8) is 0 Å². The number of fused-ring (bicyclic) bond motifs is 3. The second-order valence-electron chi connectivity index (χ2n) is 15.6. The lowest BCUT2D eigenvalue weighted by Gasteiger charge is -2.62. The molecule has 1 aromatic heterocycles. The largest absolute Gasteiger partial charge is 0.472 e. The molecule has 0 aromatic carbocycles. The molecule has 3 heterocycles. The molecule has 2 N–H and O–H groups in total. The smallest absolute Gasteiger partial charge is 0.375 e. The van der Waals surface area contributed by atoms with Crippen molar-refractivity contribution in [2.24, 2.45) is 28.6 Å². The third-order valence-electron chi connectivity index (χ3n) is 12.7. The first-order valence-corrected chi connectivity index (χ1v) is 17.9. The Balaban J connectivity index is 1.86. The van der Waals surface area contributed by atoms with Gasteiger partial charge < -0.3 is 47.8 Å². The van der Waals surface area contributed by atoms with E-state index in [1.165, 1.54) is 19.6 Å². The fraction of sp³-hybridized carbons (Fsp3) is 0.684. The summed E-state index contributed by atoms with van der Waals surface area (Å²) in [5.41, 5.74) is -7.01. The van der Waals surface area contributed by atoms with Gasteiger partial charge in [0.25, 0.3) is 12.4 Å². The number of furan rings is 1. The van der Waals surface area contributed by atoms with Gasteiger partial charge in [-0.15, -0.1) is 0 Å². The van der Waals surface area contributed by atoms with Gasteiger partial charge in [0.15, 0.2) is 0 Å². The Morgan fingerprint density at radius 2 is 1.70 bits per heavy atom. The maximum atomic E-state index is 13.9. The molecular formula is C38H50O16. The molecular weight excluding hydrogens is 712 g/mol. The number of carbonyl (C=O) groups is 6. The third kappa shape index (κ3) is 6.34. The number of ether oxygens (including phenoxy) is 7. The highest BCUT2D eigenvalue weighted by atomic mass is 16.9. The number of aliphatic hydroxyl groups is 2. The van der Waals surface area contributed by atoms with Crippen LogP contribution >= 0.6 is 0 Å². The fourth-order valence-electron chi connectivity index (χ4n) is 9.90. The van der Waals surface area contributed by atoms with Crippen LogP contribution in [-0.2, 0) is 61.9 Å². The SMILES string of the molecule is C=C1C([C@@]2(C)[C@@H](OC(C)=O)C[C@@]3(O)OC[C@](C)(O3)[C@@H]2CC(=O)OC)[C@@H](OC=O)[C@H](OC(=O)C(=O)[C@@H](C)CC)[C@@]2(C)[C@H](c3ccoc3)C[C@@H](OC(C)=O)[C@]12O. The summed E-state index contributed by atoms with van der Waals surface area (Å²) in [6, 6.07) is 1.62. The number of hydrogen-bond donors (Lipinski definition) is 2. The number of esters is 4. The van der Waals surface area contributed by atoms with Crippen molar-refractivity contribution < 1.29 is 76.6 Å². The van der Waals surface area contributed by atoms with Crippen molar-refractivity contribution in [1.82, 2.24) is 0 Å². The quantitative estimate of drug-likeness (QED) is 0.103. The van der Waals surface area contributed by atoms with E-state index in [9.17, 15) is 39.0 Å². The zero-order valence-corrected chi connectivity index (χ0v) is 31.8. The van der Waals surface area contributed by atoms with E-state index in [2.05, 4.69) is 6.58 Å². The van der Waals surface area contributed by atoms with Crippen molar-refractivity contribution in [2.75, 3.05) is 13.7 Å². The predicted molar refractivity (Wildman–Crippen MR) is 181 cm³/mol. The van der Waals surface area contributed by atoms with E-state index < -0.39 is 119 Å². The summed E-state index contributed by atoms with van der Waals surface area (Å²) in [7, 11) is 1.17. The normalized spacial score (nSPS) is 40.4. The van der Waals surface area contributed by atoms with Crippen LogP contribution in [0.1, 0.15) is 85.6 Å². The van der Waals surface area contributed by atoms with Gasteiger partial charge in [-0.25, -0.2) is 4.79 Å². The topological polar surface area (TPSA) is 221 Å². The van der Waals surface area contributed by atoms with Gasteiger partial charge >= 0.3 is 23.9 Å². The molecule has 54 heavy (non-hydrogen) atoms. The Morgan fingerprint density at radius 3 is 2.26 bits per heavy atom. The Bertz CT molecular complexity index is 1670. The van der Waals surface area contributed by atoms with E-state index in [4.69, 9.17) is 37.6 Å². The second-order valence-corrected chi connectivity index (χ2v) is 15.6. The van der Waals surface area contributed by atoms with Gasteiger partial charge in [-0.1, -0.05) is 34.3 Å². The molecule has 2 saturated carbocycles. The Morgan fingerprint density at radius 1 is 1.06 bits per heavy atom. The summed E-state index contributed by atoms with van der Waals surface area (Å²) in [4.78, 5) is 78.8. The minimum absolute atomic E-state index is 0.0802. The second kappa shape index (κ2) is 14.5. The van der Waals surface area contributed by atoms with Gasteiger partial charge in [-0.3, -0.25) is 24.0 Å². The highest BCUT2D eigenvalue weighted by Crippen LogP contribution is 2.70. The molecule has 4 fully saturated rings. The van der Waals surface area contributed by atoms with Crippen molar-refractivity contribution >= 4 is 36.1 Å². The standard InChI is InChI=1S/C38H50O16/c1-10-19(2)30(43)33(44)53-32-31(49-18-39)29(20(3)38(46)26(51-21(4)40)13-24(36(32,38)8)23-11-12-48-16-23)35(7)25(14-28(42)47-9)34(6)17-50-37(45,54-34)15-27(35)52-22(5)41/h11-12,16,18-19,24-27,29,31-32,45-46H,3,10,13-15,17H2,1-2,4-9H3/t19-,24-,25-,26+,27-,29?,31+,32-,34-,35+,36+,37+,38+/m0/s1. The molecule has 16 heteroatoms. The number of ketones is 1. The predicted octanol–water partition coefficient (Wildman–Crippen LogP) is 2.66. The first kappa shape index (κ1) is 41.1. The molecule has 2 aliphatic heterocycles. The molecule has 13 atom stereocenters. The number of hydrogen-bond acceptors (Lipinski definition) is 16. The summed E-state index contributed by atoms with van der Waals surface area (Å²) in [5, 5.41) is 25.0. The highest BCUT2D eigenvalue weighted by molar-refractivity contribution is 6.34. The Labute approximate surface area is 312 Å². The van der Waals surface area contributed by atoms with Crippen LogP contribution in [0.2, 0.25) is 0 Å². The summed E-state index contributed by atoms with van der Waals surface area (Å²) in [5.74, 6) is -11.0.